The zero-order valence-corrected chi connectivity index (χ0v) is 16.6. The summed E-state index contributed by atoms with van der Waals surface area (Å²) in [5.41, 5.74) is 4.87. The van der Waals surface area contributed by atoms with E-state index in [0.29, 0.717) is 12.0 Å². The summed E-state index contributed by atoms with van der Waals surface area (Å²) in [6, 6.07) is 6.63. The summed E-state index contributed by atoms with van der Waals surface area (Å²) < 4.78 is 1.87. The van der Waals surface area contributed by atoms with Gasteiger partial charge in [0.15, 0.2) is 5.82 Å². The number of rotatable bonds is 6. The number of aryl methyl sites for hydroxylation is 1. The summed E-state index contributed by atoms with van der Waals surface area (Å²) in [6.07, 6.45) is 9.93. The molecule has 0 aliphatic heterocycles. The molecule has 1 aliphatic carbocycles. The molecule has 0 amide bonds. The van der Waals surface area contributed by atoms with Gasteiger partial charge in [0.1, 0.15) is 5.52 Å². The molecule has 28 heavy (non-hydrogen) atoms. The van der Waals surface area contributed by atoms with Crippen LogP contribution in [0.5, 0.6) is 0 Å². The number of allylic oxidation sites excluding steroid dienone is 2. The molecule has 4 rings (SSSR count). The summed E-state index contributed by atoms with van der Waals surface area (Å²) in [5.74, 6) is 2.22. The Bertz CT molecular complexity index is 1040. The van der Waals surface area contributed by atoms with E-state index in [4.69, 9.17) is 9.97 Å². The largest absolute Gasteiger partial charge is 0.371 e. The van der Waals surface area contributed by atoms with Gasteiger partial charge in [-0.05, 0) is 49.5 Å². The predicted molar refractivity (Wildman–Crippen MR) is 116 cm³/mol. The van der Waals surface area contributed by atoms with Gasteiger partial charge >= 0.3 is 0 Å². The van der Waals surface area contributed by atoms with E-state index in [1.807, 2.05) is 42.0 Å². The van der Waals surface area contributed by atoms with Gasteiger partial charge in [-0.25, -0.2) is 9.50 Å². The molecule has 0 aromatic carbocycles. The first-order chi connectivity index (χ1) is 13.6. The molecule has 3 aromatic heterocycles. The minimum absolute atomic E-state index is 0.463. The number of pyridine rings is 1. The summed E-state index contributed by atoms with van der Waals surface area (Å²) >= 11 is 0. The van der Waals surface area contributed by atoms with Crippen molar-refractivity contribution >= 4 is 23.4 Å². The van der Waals surface area contributed by atoms with Crippen molar-refractivity contribution in [1.82, 2.24) is 19.6 Å². The second-order valence-corrected chi connectivity index (χ2v) is 7.47. The van der Waals surface area contributed by atoms with E-state index in [-0.39, 0.29) is 0 Å². The van der Waals surface area contributed by atoms with Crippen molar-refractivity contribution in [3.8, 4) is 11.3 Å². The Morgan fingerprint density at radius 2 is 2.04 bits per heavy atom. The number of nitrogens with one attached hydrogen (secondary N) is 2. The van der Waals surface area contributed by atoms with Gasteiger partial charge in [0.05, 0.1) is 11.4 Å². The van der Waals surface area contributed by atoms with Crippen LogP contribution < -0.4 is 10.6 Å². The normalized spacial score (nSPS) is 19.0. The summed E-state index contributed by atoms with van der Waals surface area (Å²) in [4.78, 5) is 9.54. The zero-order valence-electron chi connectivity index (χ0n) is 16.6. The maximum absolute atomic E-state index is 4.83. The average molecular weight is 374 g/mol. The Hall–Kier alpha value is -3.15. The lowest BCUT2D eigenvalue weighted by molar-refractivity contribution is 0.307. The first-order valence-corrected chi connectivity index (χ1v) is 9.70. The minimum atomic E-state index is 0.463. The van der Waals surface area contributed by atoms with Crippen LogP contribution in [0.15, 0.2) is 43.1 Å². The van der Waals surface area contributed by atoms with Crippen LogP contribution in [-0.4, -0.2) is 32.7 Å². The Balaban J connectivity index is 1.74. The fourth-order valence-corrected chi connectivity index (χ4v) is 3.69. The van der Waals surface area contributed by atoms with Crippen molar-refractivity contribution in [1.29, 1.82) is 0 Å². The fourth-order valence-electron chi connectivity index (χ4n) is 3.69. The number of hydrogen-bond donors (Lipinski definition) is 2. The van der Waals surface area contributed by atoms with Gasteiger partial charge < -0.3 is 10.6 Å². The molecule has 3 heterocycles. The van der Waals surface area contributed by atoms with Gasteiger partial charge in [-0.1, -0.05) is 31.7 Å². The first-order valence-electron chi connectivity index (χ1n) is 9.70. The highest BCUT2D eigenvalue weighted by Gasteiger charge is 2.26. The van der Waals surface area contributed by atoms with Crippen LogP contribution in [0.2, 0.25) is 0 Å². The smallest absolute Gasteiger partial charge is 0.243 e. The van der Waals surface area contributed by atoms with Gasteiger partial charge in [-0.15, -0.1) is 5.10 Å². The SMILES string of the molecule is C=C/C=C\c1nc(-c2ccn3nc(NC4CC(C)C4)nc(NC)c23)ccc1C. The summed E-state index contributed by atoms with van der Waals surface area (Å²) in [6.45, 7) is 8.06. The molecule has 1 fully saturated rings. The Kier molecular flexibility index (Phi) is 4.86. The van der Waals surface area contributed by atoms with Crippen LogP contribution in [0.4, 0.5) is 11.8 Å². The maximum Gasteiger partial charge on any atom is 0.243 e. The molecule has 6 heteroatoms. The number of hydrogen-bond acceptors (Lipinski definition) is 5. The van der Waals surface area contributed by atoms with E-state index in [1.165, 1.54) is 12.8 Å². The molecule has 2 N–H and O–H groups in total. The van der Waals surface area contributed by atoms with E-state index in [2.05, 4.69) is 42.2 Å². The van der Waals surface area contributed by atoms with Gasteiger partial charge in [0.25, 0.3) is 0 Å². The minimum Gasteiger partial charge on any atom is -0.371 e. The average Bonchev–Trinajstić information content (AvgIpc) is 3.09. The number of aromatic nitrogens is 4. The lowest BCUT2D eigenvalue weighted by atomic mass is 9.82. The van der Waals surface area contributed by atoms with Crippen LogP contribution in [0.25, 0.3) is 22.9 Å². The quantitative estimate of drug-likeness (QED) is 0.620. The highest BCUT2D eigenvalue weighted by Crippen LogP contribution is 2.32. The molecular formula is C22H26N6. The van der Waals surface area contributed by atoms with E-state index in [1.54, 1.807) is 6.08 Å². The third-order valence-corrected chi connectivity index (χ3v) is 5.26. The van der Waals surface area contributed by atoms with Crippen molar-refractivity contribution in [2.24, 2.45) is 5.92 Å². The van der Waals surface area contributed by atoms with Crippen molar-refractivity contribution in [2.75, 3.05) is 17.7 Å². The standard InChI is InChI=1S/C22H26N6/c1-5-6-7-18-15(3)8-9-19(25-18)17-10-11-28-20(17)21(23-4)26-22(27-28)24-16-12-14(2)13-16/h5-11,14,16H,1,12-13H2,2-4H3,(H2,23,24,26,27)/b7-6-. The second kappa shape index (κ2) is 7.46. The van der Waals surface area contributed by atoms with Crippen LogP contribution in [-0.2, 0) is 0 Å². The molecule has 144 valence electrons. The number of nitrogens with zero attached hydrogens (tertiary/aromatic N) is 4. The Morgan fingerprint density at radius 3 is 2.75 bits per heavy atom. The number of fused-ring (bicyclic) bond motifs is 1. The van der Waals surface area contributed by atoms with Crippen molar-refractivity contribution < 1.29 is 0 Å². The molecule has 0 atom stereocenters. The molecule has 1 saturated carbocycles. The molecule has 0 spiro atoms. The summed E-state index contributed by atoms with van der Waals surface area (Å²) in [5, 5.41) is 11.3. The lowest BCUT2D eigenvalue weighted by Crippen LogP contribution is -2.34. The molecule has 0 saturated heterocycles. The van der Waals surface area contributed by atoms with Crippen molar-refractivity contribution in [2.45, 2.75) is 32.7 Å². The second-order valence-electron chi connectivity index (χ2n) is 7.47. The van der Waals surface area contributed by atoms with Crippen LogP contribution in [0.1, 0.15) is 31.0 Å². The predicted octanol–water partition coefficient (Wildman–Crippen LogP) is 4.55. The molecule has 0 radical (unpaired) electrons. The third kappa shape index (κ3) is 3.38. The molecule has 0 bridgehead atoms. The van der Waals surface area contributed by atoms with Gasteiger partial charge in [0.2, 0.25) is 5.95 Å². The van der Waals surface area contributed by atoms with Crippen molar-refractivity contribution in [3.63, 3.8) is 0 Å². The van der Waals surface area contributed by atoms with Crippen molar-refractivity contribution in [3.05, 3.63) is 54.4 Å². The number of anilines is 2. The van der Waals surface area contributed by atoms with E-state index in [0.717, 1.165) is 39.8 Å². The van der Waals surface area contributed by atoms with E-state index < -0.39 is 0 Å². The first kappa shape index (κ1) is 18.2. The van der Waals surface area contributed by atoms with E-state index in [9.17, 15) is 0 Å². The van der Waals surface area contributed by atoms with Gasteiger partial charge in [-0.2, -0.15) is 4.98 Å². The molecular weight excluding hydrogens is 348 g/mol. The van der Waals surface area contributed by atoms with Crippen LogP contribution >= 0.6 is 0 Å². The van der Waals surface area contributed by atoms with Crippen LogP contribution in [0, 0.1) is 12.8 Å². The monoisotopic (exact) mass is 374 g/mol. The van der Waals surface area contributed by atoms with Gasteiger partial charge in [0, 0.05) is 24.8 Å². The van der Waals surface area contributed by atoms with Gasteiger partial charge in [-0.3, -0.25) is 0 Å². The van der Waals surface area contributed by atoms with Crippen LogP contribution in [0.3, 0.4) is 0 Å². The maximum atomic E-state index is 4.83. The zero-order chi connectivity index (χ0) is 19.7. The lowest BCUT2D eigenvalue weighted by Gasteiger charge is -2.33. The fraction of sp³-hybridized carbons (Fsp3) is 0.318. The third-order valence-electron chi connectivity index (χ3n) is 5.26. The highest BCUT2D eigenvalue weighted by atomic mass is 15.3. The molecule has 0 unspecified atom stereocenters. The Labute approximate surface area is 165 Å². The molecule has 3 aromatic rings. The molecule has 1 aliphatic rings. The molecule has 6 nitrogen and oxygen atoms in total. The summed E-state index contributed by atoms with van der Waals surface area (Å²) in [7, 11) is 1.88. The topological polar surface area (TPSA) is 67.1 Å². The highest BCUT2D eigenvalue weighted by molar-refractivity contribution is 5.87. The Morgan fingerprint density at radius 1 is 1.21 bits per heavy atom. The van der Waals surface area contributed by atoms with E-state index >= 15 is 0 Å².